The Bertz CT molecular complexity index is 304. The van der Waals surface area contributed by atoms with E-state index in [-0.39, 0.29) is 0 Å². The third kappa shape index (κ3) is 3.08. The molecular formula is C15H23N. The highest BCUT2D eigenvalue weighted by molar-refractivity contribution is 5.14. The van der Waals surface area contributed by atoms with Gasteiger partial charge in [-0.25, -0.2) is 0 Å². The Balaban J connectivity index is 1.93. The third-order valence-electron chi connectivity index (χ3n) is 3.47. The molecule has 0 spiro atoms. The van der Waals surface area contributed by atoms with E-state index in [4.69, 9.17) is 0 Å². The number of hydrogen-bond acceptors (Lipinski definition) is 1. The van der Waals surface area contributed by atoms with Gasteiger partial charge in [0.1, 0.15) is 0 Å². The van der Waals surface area contributed by atoms with Gasteiger partial charge in [0.05, 0.1) is 0 Å². The zero-order valence-electron chi connectivity index (χ0n) is 10.5. The lowest BCUT2D eigenvalue weighted by Gasteiger charge is -2.25. The second-order valence-corrected chi connectivity index (χ2v) is 5.38. The van der Waals surface area contributed by atoms with Crippen LogP contribution in [0.2, 0.25) is 0 Å². The van der Waals surface area contributed by atoms with Crippen LogP contribution in [0.3, 0.4) is 0 Å². The molecule has 1 saturated heterocycles. The van der Waals surface area contributed by atoms with Crippen LogP contribution in [0.25, 0.3) is 0 Å². The Kier molecular flexibility index (Phi) is 4.00. The first-order chi connectivity index (χ1) is 7.75. The molecule has 0 unspecified atom stereocenters. The molecule has 0 saturated carbocycles. The maximum absolute atomic E-state index is 2.66. The van der Waals surface area contributed by atoms with Crippen LogP contribution in [-0.2, 0) is 6.54 Å². The van der Waals surface area contributed by atoms with E-state index in [1.165, 1.54) is 31.4 Å². The number of rotatable bonds is 4. The van der Waals surface area contributed by atoms with Crippen molar-refractivity contribution >= 4 is 0 Å². The van der Waals surface area contributed by atoms with Crippen molar-refractivity contribution in [2.45, 2.75) is 45.7 Å². The standard InChI is InChI=1S/C15H23N/c1-13(2)11-15-9-6-10-16(15)12-14-7-4-3-5-8-14/h3-5,7-8,13,15H,6,9-12H2,1-2H3/t15-/m1/s1. The zero-order valence-corrected chi connectivity index (χ0v) is 10.5. The van der Waals surface area contributed by atoms with Crippen LogP contribution in [0, 0.1) is 5.92 Å². The summed E-state index contributed by atoms with van der Waals surface area (Å²) in [7, 11) is 0. The van der Waals surface area contributed by atoms with Gasteiger partial charge in [-0.2, -0.15) is 0 Å². The van der Waals surface area contributed by atoms with E-state index in [9.17, 15) is 0 Å². The van der Waals surface area contributed by atoms with Gasteiger partial charge in [0.2, 0.25) is 0 Å². The molecule has 1 heteroatoms. The second-order valence-electron chi connectivity index (χ2n) is 5.38. The second kappa shape index (κ2) is 5.49. The molecule has 0 N–H and O–H groups in total. The first-order valence-electron chi connectivity index (χ1n) is 6.53. The average Bonchev–Trinajstić information content (AvgIpc) is 2.66. The highest BCUT2D eigenvalue weighted by Crippen LogP contribution is 2.24. The zero-order chi connectivity index (χ0) is 11.4. The molecule has 0 aliphatic carbocycles. The quantitative estimate of drug-likeness (QED) is 0.743. The molecule has 1 aromatic carbocycles. The predicted octanol–water partition coefficient (Wildman–Crippen LogP) is 3.70. The number of nitrogens with zero attached hydrogens (tertiary/aromatic N) is 1. The van der Waals surface area contributed by atoms with E-state index in [0.29, 0.717) is 0 Å². The summed E-state index contributed by atoms with van der Waals surface area (Å²) < 4.78 is 0. The highest BCUT2D eigenvalue weighted by atomic mass is 15.2. The van der Waals surface area contributed by atoms with E-state index >= 15 is 0 Å². The maximum atomic E-state index is 2.66. The minimum atomic E-state index is 0.820. The minimum absolute atomic E-state index is 0.820. The molecule has 1 nitrogen and oxygen atoms in total. The fourth-order valence-corrected chi connectivity index (χ4v) is 2.73. The summed E-state index contributed by atoms with van der Waals surface area (Å²) in [6, 6.07) is 11.7. The molecule has 1 atom stereocenters. The van der Waals surface area contributed by atoms with Gasteiger partial charge >= 0.3 is 0 Å². The molecule has 16 heavy (non-hydrogen) atoms. The Morgan fingerprint density at radius 1 is 1.25 bits per heavy atom. The summed E-state index contributed by atoms with van der Waals surface area (Å²) in [4.78, 5) is 2.66. The third-order valence-corrected chi connectivity index (χ3v) is 3.47. The summed E-state index contributed by atoms with van der Waals surface area (Å²) in [5, 5.41) is 0. The van der Waals surface area contributed by atoms with Gasteiger partial charge in [-0.15, -0.1) is 0 Å². The van der Waals surface area contributed by atoms with E-state index in [1.807, 2.05) is 0 Å². The summed E-state index contributed by atoms with van der Waals surface area (Å²) in [5.74, 6) is 0.821. The Morgan fingerprint density at radius 3 is 2.69 bits per heavy atom. The van der Waals surface area contributed by atoms with Crippen LogP contribution in [0.5, 0.6) is 0 Å². The first-order valence-corrected chi connectivity index (χ1v) is 6.53. The molecule has 2 rings (SSSR count). The normalized spacial score (nSPS) is 21.8. The summed E-state index contributed by atoms with van der Waals surface area (Å²) in [5.41, 5.74) is 1.46. The van der Waals surface area contributed by atoms with E-state index in [0.717, 1.165) is 18.5 Å². The van der Waals surface area contributed by atoms with Crippen molar-refractivity contribution in [1.29, 1.82) is 0 Å². The van der Waals surface area contributed by atoms with Crippen molar-refractivity contribution in [2.75, 3.05) is 6.54 Å². The number of hydrogen-bond donors (Lipinski definition) is 0. The molecule has 1 heterocycles. The van der Waals surface area contributed by atoms with Crippen LogP contribution in [0.4, 0.5) is 0 Å². The largest absolute Gasteiger partial charge is 0.296 e. The van der Waals surface area contributed by atoms with Gasteiger partial charge in [0, 0.05) is 12.6 Å². The monoisotopic (exact) mass is 217 g/mol. The lowest BCUT2D eigenvalue weighted by atomic mass is 10.0. The molecule has 0 aromatic heterocycles. The highest BCUT2D eigenvalue weighted by Gasteiger charge is 2.24. The molecule has 1 aliphatic rings. The average molecular weight is 217 g/mol. The van der Waals surface area contributed by atoms with Crippen LogP contribution < -0.4 is 0 Å². The molecule has 1 aliphatic heterocycles. The van der Waals surface area contributed by atoms with E-state index in [2.05, 4.69) is 49.1 Å². The Labute approximate surface area is 99.5 Å². The van der Waals surface area contributed by atoms with Crippen molar-refractivity contribution in [3.8, 4) is 0 Å². The summed E-state index contributed by atoms with van der Waals surface area (Å²) in [6.07, 6.45) is 4.13. The smallest absolute Gasteiger partial charge is 0.0236 e. The first kappa shape index (κ1) is 11.7. The number of likely N-dealkylation sites (tertiary alicyclic amines) is 1. The van der Waals surface area contributed by atoms with E-state index in [1.54, 1.807) is 0 Å². The summed E-state index contributed by atoms with van der Waals surface area (Å²) in [6.45, 7) is 7.09. The molecule has 1 aromatic rings. The fourth-order valence-electron chi connectivity index (χ4n) is 2.73. The topological polar surface area (TPSA) is 3.24 Å². The van der Waals surface area contributed by atoms with E-state index < -0.39 is 0 Å². The van der Waals surface area contributed by atoms with Gasteiger partial charge in [0.15, 0.2) is 0 Å². The molecule has 0 bridgehead atoms. The lowest BCUT2D eigenvalue weighted by Crippen LogP contribution is -2.29. The van der Waals surface area contributed by atoms with Crippen molar-refractivity contribution in [3.63, 3.8) is 0 Å². The van der Waals surface area contributed by atoms with Crippen molar-refractivity contribution in [3.05, 3.63) is 35.9 Å². The molecule has 88 valence electrons. The van der Waals surface area contributed by atoms with Crippen LogP contribution >= 0.6 is 0 Å². The van der Waals surface area contributed by atoms with Crippen molar-refractivity contribution in [2.24, 2.45) is 5.92 Å². The van der Waals surface area contributed by atoms with Gasteiger partial charge in [-0.1, -0.05) is 44.2 Å². The fraction of sp³-hybridized carbons (Fsp3) is 0.600. The van der Waals surface area contributed by atoms with Gasteiger partial charge < -0.3 is 0 Å². The molecule has 0 radical (unpaired) electrons. The summed E-state index contributed by atoms with van der Waals surface area (Å²) >= 11 is 0. The Hall–Kier alpha value is -0.820. The van der Waals surface area contributed by atoms with Gasteiger partial charge in [-0.3, -0.25) is 4.90 Å². The molecular weight excluding hydrogens is 194 g/mol. The minimum Gasteiger partial charge on any atom is -0.296 e. The molecule has 0 amide bonds. The SMILES string of the molecule is CC(C)C[C@H]1CCCN1Cc1ccccc1. The van der Waals surface area contributed by atoms with Crippen molar-refractivity contribution < 1.29 is 0 Å². The Morgan fingerprint density at radius 2 is 2.00 bits per heavy atom. The van der Waals surface area contributed by atoms with Gasteiger partial charge in [-0.05, 0) is 37.3 Å². The number of benzene rings is 1. The predicted molar refractivity (Wildman–Crippen MR) is 69.3 cm³/mol. The maximum Gasteiger partial charge on any atom is 0.0236 e. The van der Waals surface area contributed by atoms with Crippen molar-refractivity contribution in [1.82, 2.24) is 4.90 Å². The van der Waals surface area contributed by atoms with Crippen LogP contribution in [0.15, 0.2) is 30.3 Å². The lowest BCUT2D eigenvalue weighted by molar-refractivity contribution is 0.218. The molecule has 1 fully saturated rings. The van der Waals surface area contributed by atoms with Gasteiger partial charge in [0.25, 0.3) is 0 Å². The van der Waals surface area contributed by atoms with Crippen LogP contribution in [-0.4, -0.2) is 17.5 Å². The van der Waals surface area contributed by atoms with Crippen LogP contribution in [0.1, 0.15) is 38.7 Å².